The number of fused-ring (bicyclic) bond motifs is 1. The molecule has 2 amide bonds. The molecule has 2 N–H and O–H groups in total. The predicted molar refractivity (Wildman–Crippen MR) is 101 cm³/mol. The van der Waals surface area contributed by atoms with Crippen LogP contribution in [-0.2, 0) is 16.0 Å². The molecule has 0 radical (unpaired) electrons. The van der Waals surface area contributed by atoms with Crippen LogP contribution in [0.1, 0.15) is 5.01 Å². The number of hydrogen-bond acceptors (Lipinski definition) is 4. The largest absolute Gasteiger partial charge is 0.405 e. The summed E-state index contributed by atoms with van der Waals surface area (Å²) in [5.41, 5.74) is 2.87. The van der Waals surface area contributed by atoms with Gasteiger partial charge in [0, 0.05) is 0 Å². The fourth-order valence-electron chi connectivity index (χ4n) is 2.50. The quantitative estimate of drug-likeness (QED) is 0.659. The van der Waals surface area contributed by atoms with E-state index in [9.17, 15) is 22.8 Å². The van der Waals surface area contributed by atoms with E-state index in [-0.39, 0.29) is 6.42 Å². The minimum Gasteiger partial charge on any atom is -0.347 e. The molecule has 3 aromatic rings. The molecule has 1 heterocycles. The lowest BCUT2D eigenvalue weighted by Crippen LogP contribution is -2.41. The average Bonchev–Trinajstić information content (AvgIpc) is 3.06. The van der Waals surface area contributed by atoms with E-state index >= 15 is 0 Å². The summed E-state index contributed by atoms with van der Waals surface area (Å²) in [4.78, 5) is 27.6. The Morgan fingerprint density at radius 1 is 0.964 bits per heavy atom. The number of carbonyl (C=O) groups excluding carboxylic acids is 2. The fraction of sp³-hybridized carbons (Fsp3) is 0.211. The Labute approximate surface area is 162 Å². The van der Waals surface area contributed by atoms with Crippen molar-refractivity contribution < 1.29 is 22.8 Å². The van der Waals surface area contributed by atoms with Gasteiger partial charge in [-0.2, -0.15) is 13.2 Å². The highest BCUT2D eigenvalue weighted by atomic mass is 32.1. The van der Waals surface area contributed by atoms with Crippen molar-refractivity contribution >= 4 is 33.4 Å². The molecule has 146 valence electrons. The third-order valence-corrected chi connectivity index (χ3v) is 4.80. The van der Waals surface area contributed by atoms with E-state index in [4.69, 9.17) is 0 Å². The molecular weight excluding hydrogens is 391 g/mol. The molecule has 5 nitrogen and oxygen atoms in total. The average molecular weight is 407 g/mol. The molecule has 0 bridgehead atoms. The first-order valence-corrected chi connectivity index (χ1v) is 9.17. The van der Waals surface area contributed by atoms with Crippen molar-refractivity contribution in [1.82, 2.24) is 15.6 Å². The Morgan fingerprint density at radius 2 is 1.71 bits per heavy atom. The second-order valence-corrected chi connectivity index (χ2v) is 7.12. The van der Waals surface area contributed by atoms with Crippen LogP contribution in [0.25, 0.3) is 21.3 Å². The summed E-state index contributed by atoms with van der Waals surface area (Å²) in [6.07, 6.45) is -4.54. The van der Waals surface area contributed by atoms with Gasteiger partial charge in [-0.05, 0) is 23.3 Å². The molecule has 3 rings (SSSR count). The number of carbonyl (C=O) groups is 2. The summed E-state index contributed by atoms with van der Waals surface area (Å²) in [6, 6.07) is 15.7. The van der Waals surface area contributed by atoms with Crippen molar-refractivity contribution in [1.29, 1.82) is 0 Å². The van der Waals surface area contributed by atoms with E-state index in [1.165, 1.54) is 11.3 Å². The van der Waals surface area contributed by atoms with Crippen LogP contribution in [0.2, 0.25) is 0 Å². The molecule has 0 fully saturated rings. The fourth-order valence-corrected chi connectivity index (χ4v) is 3.50. The van der Waals surface area contributed by atoms with E-state index in [1.807, 2.05) is 48.5 Å². The molecule has 0 aliphatic carbocycles. The first-order chi connectivity index (χ1) is 13.3. The zero-order valence-electron chi connectivity index (χ0n) is 14.5. The highest BCUT2D eigenvalue weighted by Crippen LogP contribution is 2.28. The first kappa shape index (κ1) is 19.8. The third kappa shape index (κ3) is 5.53. The van der Waals surface area contributed by atoms with Crippen LogP contribution in [0.15, 0.2) is 48.5 Å². The molecule has 0 unspecified atom stereocenters. The summed E-state index contributed by atoms with van der Waals surface area (Å²) >= 11 is 1.36. The lowest BCUT2D eigenvalue weighted by Gasteiger charge is -2.08. The zero-order valence-corrected chi connectivity index (χ0v) is 15.4. The van der Waals surface area contributed by atoms with E-state index in [0.29, 0.717) is 5.01 Å². The summed E-state index contributed by atoms with van der Waals surface area (Å²) in [7, 11) is 0. The lowest BCUT2D eigenvalue weighted by molar-refractivity contribution is -0.138. The first-order valence-electron chi connectivity index (χ1n) is 8.35. The number of nitrogens with zero attached hydrogens (tertiary/aromatic N) is 1. The van der Waals surface area contributed by atoms with Gasteiger partial charge in [-0.25, -0.2) is 4.98 Å². The number of benzene rings is 2. The number of nitrogens with one attached hydrogen (secondary N) is 2. The zero-order chi connectivity index (χ0) is 20.1. The third-order valence-electron chi connectivity index (χ3n) is 3.78. The van der Waals surface area contributed by atoms with Crippen molar-refractivity contribution in [2.24, 2.45) is 0 Å². The van der Waals surface area contributed by atoms with Crippen LogP contribution >= 0.6 is 11.3 Å². The molecule has 0 aliphatic rings. The Hall–Kier alpha value is -2.94. The van der Waals surface area contributed by atoms with E-state index in [2.05, 4.69) is 10.3 Å². The minimum absolute atomic E-state index is 0.0490. The highest BCUT2D eigenvalue weighted by molar-refractivity contribution is 7.18. The van der Waals surface area contributed by atoms with Gasteiger partial charge in [-0.1, -0.05) is 36.4 Å². The van der Waals surface area contributed by atoms with E-state index in [1.54, 1.807) is 5.32 Å². The molecule has 0 saturated heterocycles. The Kier molecular flexibility index (Phi) is 5.93. The number of aromatic nitrogens is 1. The van der Waals surface area contributed by atoms with E-state index < -0.39 is 31.1 Å². The van der Waals surface area contributed by atoms with Crippen molar-refractivity contribution in [3.05, 3.63) is 53.5 Å². The highest BCUT2D eigenvalue weighted by Gasteiger charge is 2.27. The molecular formula is C19H16F3N3O2S. The van der Waals surface area contributed by atoms with Crippen molar-refractivity contribution in [2.45, 2.75) is 12.6 Å². The van der Waals surface area contributed by atoms with Gasteiger partial charge in [0.15, 0.2) is 0 Å². The maximum absolute atomic E-state index is 12.0. The smallest absolute Gasteiger partial charge is 0.347 e. The topological polar surface area (TPSA) is 71.1 Å². The van der Waals surface area contributed by atoms with Gasteiger partial charge in [0.2, 0.25) is 11.8 Å². The van der Waals surface area contributed by atoms with Crippen molar-refractivity contribution in [2.75, 3.05) is 13.1 Å². The van der Waals surface area contributed by atoms with Crippen LogP contribution < -0.4 is 10.6 Å². The molecule has 9 heteroatoms. The second-order valence-electron chi connectivity index (χ2n) is 6.00. The molecule has 0 spiro atoms. The molecule has 28 heavy (non-hydrogen) atoms. The summed E-state index contributed by atoms with van der Waals surface area (Å²) in [5.74, 6) is -1.38. The Bertz CT molecular complexity index is 987. The van der Waals surface area contributed by atoms with Crippen LogP contribution in [0.3, 0.4) is 0 Å². The van der Waals surface area contributed by atoms with Gasteiger partial charge in [0.05, 0.1) is 23.2 Å². The standard InChI is InChI=1S/C19H16F3N3O2S/c20-19(21,22)11-24-17(27)10-23-16(26)9-18-25-14-7-6-13(8-15(14)28-18)12-4-2-1-3-5-12/h1-8H,9-11H2,(H,23,26)(H,24,27). The minimum atomic E-state index is -4.49. The number of alkyl halides is 3. The van der Waals surface area contributed by atoms with Gasteiger partial charge < -0.3 is 10.6 Å². The SMILES string of the molecule is O=C(CNC(=O)Cc1nc2ccc(-c3ccccc3)cc2s1)NCC(F)(F)F. The monoisotopic (exact) mass is 407 g/mol. The Balaban J connectivity index is 1.58. The molecule has 1 aromatic heterocycles. The van der Waals surface area contributed by atoms with Crippen LogP contribution in [0, 0.1) is 0 Å². The van der Waals surface area contributed by atoms with Gasteiger partial charge in [-0.15, -0.1) is 11.3 Å². The van der Waals surface area contributed by atoms with Gasteiger partial charge in [0.1, 0.15) is 11.6 Å². The van der Waals surface area contributed by atoms with Crippen LogP contribution in [0.5, 0.6) is 0 Å². The van der Waals surface area contributed by atoms with Gasteiger partial charge in [0.25, 0.3) is 0 Å². The van der Waals surface area contributed by atoms with Crippen molar-refractivity contribution in [3.63, 3.8) is 0 Å². The molecule has 0 atom stereocenters. The molecule has 0 saturated carbocycles. The summed E-state index contributed by atoms with van der Waals surface area (Å²) in [5, 5.41) is 4.55. The van der Waals surface area contributed by atoms with Gasteiger partial charge >= 0.3 is 6.18 Å². The summed E-state index contributed by atoms with van der Waals surface area (Å²) < 4.78 is 37.0. The summed E-state index contributed by atoms with van der Waals surface area (Å²) in [6.45, 7) is -1.94. The van der Waals surface area contributed by atoms with Crippen LogP contribution in [-0.4, -0.2) is 36.1 Å². The number of amides is 2. The van der Waals surface area contributed by atoms with Crippen LogP contribution in [0.4, 0.5) is 13.2 Å². The number of hydrogen-bond donors (Lipinski definition) is 2. The maximum atomic E-state index is 12.0. The number of halogens is 3. The Morgan fingerprint density at radius 3 is 2.43 bits per heavy atom. The van der Waals surface area contributed by atoms with E-state index in [0.717, 1.165) is 21.3 Å². The number of thiazole rings is 1. The molecule has 2 aromatic carbocycles. The van der Waals surface area contributed by atoms with Crippen molar-refractivity contribution in [3.8, 4) is 11.1 Å². The second kappa shape index (κ2) is 8.39. The molecule has 0 aliphatic heterocycles. The van der Waals surface area contributed by atoms with Gasteiger partial charge in [-0.3, -0.25) is 9.59 Å². The number of rotatable bonds is 6. The normalized spacial score (nSPS) is 11.4. The predicted octanol–water partition coefficient (Wildman–Crippen LogP) is 3.30. The maximum Gasteiger partial charge on any atom is 0.405 e. The lowest BCUT2D eigenvalue weighted by atomic mass is 10.1.